The number of carboxylic acids is 1. The lowest BCUT2D eigenvalue weighted by Crippen LogP contribution is -2.30. The van der Waals surface area contributed by atoms with Gasteiger partial charge in [-0.2, -0.15) is 0 Å². The van der Waals surface area contributed by atoms with E-state index >= 15 is 0 Å². The summed E-state index contributed by atoms with van der Waals surface area (Å²) in [4.78, 5) is 22.4. The van der Waals surface area contributed by atoms with Crippen molar-refractivity contribution in [2.24, 2.45) is 0 Å². The lowest BCUT2D eigenvalue weighted by atomic mass is 10.2. The Kier molecular flexibility index (Phi) is 3.33. The van der Waals surface area contributed by atoms with E-state index in [0.29, 0.717) is 10.9 Å². The molecule has 1 unspecified atom stereocenters. The van der Waals surface area contributed by atoms with Gasteiger partial charge in [-0.1, -0.05) is 17.3 Å². The van der Waals surface area contributed by atoms with Crippen LogP contribution in [0.25, 0.3) is 10.9 Å². The quantitative estimate of drug-likeness (QED) is 0.765. The second kappa shape index (κ2) is 4.92. The Morgan fingerprint density at radius 2 is 2.11 bits per heavy atom. The van der Waals surface area contributed by atoms with Gasteiger partial charge in [-0.25, -0.2) is 4.68 Å². The summed E-state index contributed by atoms with van der Waals surface area (Å²) in [5.74, 6) is -1.13. The molecule has 0 saturated heterocycles. The highest BCUT2D eigenvalue weighted by molar-refractivity contribution is 5.76. The van der Waals surface area contributed by atoms with Crippen LogP contribution in [-0.4, -0.2) is 37.3 Å². The molecule has 0 spiro atoms. The fourth-order valence-electron chi connectivity index (χ4n) is 1.61. The van der Waals surface area contributed by atoms with Crippen LogP contribution in [0.1, 0.15) is 6.42 Å². The number of hydrogen-bond donors (Lipinski definition) is 2. The van der Waals surface area contributed by atoms with Crippen molar-refractivity contribution in [3.63, 3.8) is 0 Å². The monoisotopic (exact) mass is 249 g/mol. The first-order chi connectivity index (χ1) is 8.58. The van der Waals surface area contributed by atoms with Crippen LogP contribution in [-0.2, 0) is 11.3 Å². The van der Waals surface area contributed by atoms with Gasteiger partial charge in [0, 0.05) is 0 Å². The van der Waals surface area contributed by atoms with Gasteiger partial charge in [0.15, 0.2) is 0 Å². The highest BCUT2D eigenvalue weighted by Crippen LogP contribution is 2.04. The zero-order valence-electron chi connectivity index (χ0n) is 9.35. The number of aliphatic carboxylic acids is 1. The Labute approximate surface area is 101 Å². The lowest BCUT2D eigenvalue weighted by molar-refractivity contribution is -0.139. The van der Waals surface area contributed by atoms with Crippen LogP contribution in [0.15, 0.2) is 29.1 Å². The molecule has 1 aromatic carbocycles. The molecule has 0 amide bonds. The summed E-state index contributed by atoms with van der Waals surface area (Å²) in [6.07, 6.45) is -1.61. The fourth-order valence-corrected chi connectivity index (χ4v) is 1.61. The Balaban J connectivity index is 2.32. The Hall–Kier alpha value is -2.28. The molecule has 2 rings (SSSR count). The lowest BCUT2D eigenvalue weighted by Gasteiger charge is -2.08. The summed E-state index contributed by atoms with van der Waals surface area (Å²) < 4.78 is 0.968. The standard InChI is InChI=1S/C11H11N3O4/c15-7(5-10(16)17)6-14-11(18)8-3-1-2-4-9(8)12-13-14/h1-4,7,15H,5-6H2,(H,16,17). The van der Waals surface area contributed by atoms with Gasteiger partial charge in [0.25, 0.3) is 5.56 Å². The van der Waals surface area contributed by atoms with E-state index < -0.39 is 24.1 Å². The third-order valence-electron chi connectivity index (χ3n) is 2.42. The van der Waals surface area contributed by atoms with Crippen molar-refractivity contribution in [3.8, 4) is 0 Å². The predicted octanol–water partition coefficient (Wildman–Crippen LogP) is -0.373. The summed E-state index contributed by atoms with van der Waals surface area (Å²) in [6, 6.07) is 6.69. The van der Waals surface area contributed by atoms with E-state index in [0.717, 1.165) is 4.68 Å². The molecular formula is C11H11N3O4. The molecule has 1 atom stereocenters. The SMILES string of the molecule is O=C(O)CC(O)Cn1nnc2ccccc2c1=O. The Bertz CT molecular complexity index is 637. The maximum atomic E-state index is 12.0. The molecule has 0 bridgehead atoms. The minimum atomic E-state index is -1.17. The largest absolute Gasteiger partial charge is 0.481 e. The summed E-state index contributed by atoms with van der Waals surface area (Å²) in [5.41, 5.74) is 0.0662. The van der Waals surface area contributed by atoms with Gasteiger partial charge >= 0.3 is 5.97 Å². The van der Waals surface area contributed by atoms with Gasteiger partial charge in [-0.15, -0.1) is 5.10 Å². The Morgan fingerprint density at radius 1 is 1.39 bits per heavy atom. The van der Waals surface area contributed by atoms with Crippen molar-refractivity contribution < 1.29 is 15.0 Å². The topological polar surface area (TPSA) is 105 Å². The van der Waals surface area contributed by atoms with Crippen LogP contribution in [0, 0.1) is 0 Å². The molecule has 1 aromatic heterocycles. The van der Waals surface area contributed by atoms with Crippen molar-refractivity contribution in [1.29, 1.82) is 0 Å². The molecule has 0 fully saturated rings. The molecule has 1 heterocycles. The molecule has 94 valence electrons. The molecule has 0 saturated carbocycles. The second-order valence-electron chi connectivity index (χ2n) is 3.85. The highest BCUT2D eigenvalue weighted by Gasteiger charge is 2.13. The summed E-state index contributed by atoms with van der Waals surface area (Å²) >= 11 is 0. The first kappa shape index (κ1) is 12.2. The summed E-state index contributed by atoms with van der Waals surface area (Å²) in [5, 5.41) is 25.8. The molecule has 0 aliphatic rings. The number of nitrogens with zero attached hydrogens (tertiary/aromatic N) is 3. The molecule has 7 heteroatoms. The first-order valence-corrected chi connectivity index (χ1v) is 5.30. The number of rotatable bonds is 4. The number of hydrogen-bond acceptors (Lipinski definition) is 5. The van der Waals surface area contributed by atoms with E-state index in [2.05, 4.69) is 10.3 Å². The molecule has 0 radical (unpaired) electrons. The van der Waals surface area contributed by atoms with Crippen LogP contribution >= 0.6 is 0 Å². The van der Waals surface area contributed by atoms with Crippen LogP contribution < -0.4 is 5.56 Å². The van der Waals surface area contributed by atoms with Gasteiger partial charge in [0.2, 0.25) is 0 Å². The van der Waals surface area contributed by atoms with Crippen LogP contribution in [0.5, 0.6) is 0 Å². The van der Waals surface area contributed by atoms with E-state index in [1.165, 1.54) is 0 Å². The zero-order valence-corrected chi connectivity index (χ0v) is 9.35. The van der Waals surface area contributed by atoms with Gasteiger partial charge < -0.3 is 10.2 Å². The minimum absolute atomic E-state index is 0.192. The summed E-state index contributed by atoms with van der Waals surface area (Å²) in [7, 11) is 0. The van der Waals surface area contributed by atoms with Crippen molar-refractivity contribution in [2.45, 2.75) is 19.1 Å². The van der Waals surface area contributed by atoms with Crippen LogP contribution in [0.2, 0.25) is 0 Å². The number of fused-ring (bicyclic) bond motifs is 1. The molecule has 0 aliphatic carbocycles. The minimum Gasteiger partial charge on any atom is -0.481 e. The summed E-state index contributed by atoms with van der Waals surface area (Å²) in [6.45, 7) is -0.192. The molecule has 0 aliphatic heterocycles. The average molecular weight is 249 g/mol. The average Bonchev–Trinajstić information content (AvgIpc) is 2.32. The molecule has 18 heavy (non-hydrogen) atoms. The van der Waals surface area contributed by atoms with Crippen molar-refractivity contribution in [2.75, 3.05) is 0 Å². The number of aliphatic hydroxyl groups excluding tert-OH is 1. The number of carboxylic acid groups (broad SMARTS) is 1. The van der Waals surface area contributed by atoms with Crippen LogP contribution in [0.4, 0.5) is 0 Å². The molecule has 7 nitrogen and oxygen atoms in total. The number of benzene rings is 1. The molecular weight excluding hydrogens is 238 g/mol. The van der Waals surface area contributed by atoms with Gasteiger partial charge in [0.05, 0.1) is 24.5 Å². The van der Waals surface area contributed by atoms with Crippen LogP contribution in [0.3, 0.4) is 0 Å². The zero-order chi connectivity index (χ0) is 13.1. The number of carbonyl (C=O) groups is 1. The van der Waals surface area contributed by atoms with E-state index in [1.54, 1.807) is 24.3 Å². The number of aromatic nitrogens is 3. The maximum Gasteiger partial charge on any atom is 0.306 e. The Morgan fingerprint density at radius 3 is 2.83 bits per heavy atom. The normalized spacial score (nSPS) is 12.5. The van der Waals surface area contributed by atoms with E-state index in [-0.39, 0.29) is 6.54 Å². The maximum absolute atomic E-state index is 12.0. The van der Waals surface area contributed by atoms with Crippen molar-refractivity contribution >= 4 is 16.9 Å². The smallest absolute Gasteiger partial charge is 0.306 e. The third kappa shape index (κ3) is 2.51. The van der Waals surface area contributed by atoms with Crippen molar-refractivity contribution in [1.82, 2.24) is 15.0 Å². The molecule has 2 N–H and O–H groups in total. The second-order valence-corrected chi connectivity index (χ2v) is 3.85. The van der Waals surface area contributed by atoms with Gasteiger partial charge in [0.1, 0.15) is 5.52 Å². The fraction of sp³-hybridized carbons (Fsp3) is 0.273. The van der Waals surface area contributed by atoms with E-state index in [1.807, 2.05) is 0 Å². The van der Waals surface area contributed by atoms with E-state index in [9.17, 15) is 14.7 Å². The van der Waals surface area contributed by atoms with Crippen molar-refractivity contribution in [3.05, 3.63) is 34.6 Å². The predicted molar refractivity (Wildman–Crippen MR) is 62.1 cm³/mol. The van der Waals surface area contributed by atoms with Gasteiger partial charge in [-0.3, -0.25) is 9.59 Å². The van der Waals surface area contributed by atoms with Gasteiger partial charge in [-0.05, 0) is 12.1 Å². The molecule has 2 aromatic rings. The highest BCUT2D eigenvalue weighted by atomic mass is 16.4. The third-order valence-corrected chi connectivity index (χ3v) is 2.42. The number of aliphatic hydroxyl groups is 1. The van der Waals surface area contributed by atoms with E-state index in [4.69, 9.17) is 5.11 Å². The first-order valence-electron chi connectivity index (χ1n) is 5.30.